The van der Waals surface area contributed by atoms with Crippen molar-refractivity contribution in [3.05, 3.63) is 53.6 Å². The molecule has 7 heteroatoms. The lowest BCUT2D eigenvalue weighted by Crippen LogP contribution is -2.51. The number of carbonyl (C=O) groups is 3. The van der Waals surface area contributed by atoms with E-state index in [1.165, 1.54) is 0 Å². The second-order valence-corrected chi connectivity index (χ2v) is 8.83. The summed E-state index contributed by atoms with van der Waals surface area (Å²) in [5, 5.41) is 3.10. The van der Waals surface area contributed by atoms with Crippen LogP contribution in [0.3, 0.4) is 0 Å². The molecule has 0 aliphatic carbocycles. The topological polar surface area (TPSA) is 79.0 Å². The minimum absolute atomic E-state index is 0.0596. The molecule has 1 fully saturated rings. The van der Waals surface area contributed by atoms with Crippen LogP contribution >= 0.6 is 0 Å². The lowest BCUT2D eigenvalue weighted by Gasteiger charge is -2.35. The van der Waals surface area contributed by atoms with Gasteiger partial charge in [0.25, 0.3) is 5.91 Å². The predicted octanol–water partition coefficient (Wildman–Crippen LogP) is 3.83. The van der Waals surface area contributed by atoms with Gasteiger partial charge in [0.1, 0.15) is 11.9 Å². The van der Waals surface area contributed by atoms with E-state index in [-0.39, 0.29) is 12.0 Å². The van der Waals surface area contributed by atoms with E-state index in [0.29, 0.717) is 38.2 Å². The Balaban J connectivity index is 1.71. The number of hydrogen-bond donors (Lipinski definition) is 1. The Morgan fingerprint density at radius 3 is 2.28 bits per heavy atom. The molecule has 7 nitrogen and oxygen atoms in total. The molecule has 0 saturated carbocycles. The maximum Gasteiger partial charge on any atom is 0.410 e. The highest BCUT2D eigenvalue weighted by Gasteiger charge is 2.28. The zero-order valence-electron chi connectivity index (χ0n) is 19.2. The van der Waals surface area contributed by atoms with Crippen molar-refractivity contribution >= 4 is 24.0 Å². The van der Waals surface area contributed by atoms with Crippen LogP contribution in [0.25, 0.3) is 11.1 Å². The summed E-state index contributed by atoms with van der Waals surface area (Å²) in [5.41, 5.74) is 3.75. The number of carbonyl (C=O) groups excluding carboxylic acids is 3. The zero-order valence-corrected chi connectivity index (χ0v) is 19.2. The molecule has 0 radical (unpaired) electrons. The zero-order chi connectivity index (χ0) is 23.3. The van der Waals surface area contributed by atoms with E-state index in [1.54, 1.807) is 15.9 Å². The summed E-state index contributed by atoms with van der Waals surface area (Å²) in [7, 11) is 1.82. The van der Waals surface area contributed by atoms with E-state index in [2.05, 4.69) is 5.32 Å². The van der Waals surface area contributed by atoms with Gasteiger partial charge in [-0.1, -0.05) is 18.2 Å². The minimum Gasteiger partial charge on any atom is -0.444 e. The third kappa shape index (κ3) is 5.66. The van der Waals surface area contributed by atoms with Crippen molar-refractivity contribution in [1.29, 1.82) is 0 Å². The summed E-state index contributed by atoms with van der Waals surface area (Å²) >= 11 is 0. The molecular formula is C25H31N3O4. The fourth-order valence-electron chi connectivity index (χ4n) is 3.71. The van der Waals surface area contributed by atoms with Gasteiger partial charge >= 0.3 is 6.09 Å². The van der Waals surface area contributed by atoms with Crippen molar-refractivity contribution in [3.63, 3.8) is 0 Å². The molecule has 1 aliphatic rings. The largest absolute Gasteiger partial charge is 0.444 e. The smallest absolute Gasteiger partial charge is 0.410 e. The molecule has 0 atom stereocenters. The molecule has 0 aromatic heterocycles. The van der Waals surface area contributed by atoms with Crippen LogP contribution in [-0.4, -0.2) is 66.9 Å². The van der Waals surface area contributed by atoms with Gasteiger partial charge in [-0.3, -0.25) is 4.79 Å². The summed E-state index contributed by atoms with van der Waals surface area (Å²) in [6.45, 7) is 7.33. The van der Waals surface area contributed by atoms with Crippen LogP contribution in [0, 0.1) is 0 Å². The number of rotatable bonds is 5. The number of amides is 2. The molecule has 2 aromatic carbocycles. The summed E-state index contributed by atoms with van der Waals surface area (Å²) in [6, 6.07) is 13.4. The fraction of sp³-hybridized carbons (Fsp3) is 0.400. The second-order valence-electron chi connectivity index (χ2n) is 8.83. The van der Waals surface area contributed by atoms with Crippen molar-refractivity contribution in [2.24, 2.45) is 0 Å². The molecule has 32 heavy (non-hydrogen) atoms. The van der Waals surface area contributed by atoms with Gasteiger partial charge in [0.2, 0.25) is 0 Å². The Morgan fingerprint density at radius 2 is 1.66 bits per heavy atom. The molecule has 0 unspecified atom stereocenters. The van der Waals surface area contributed by atoms with Gasteiger partial charge in [-0.2, -0.15) is 0 Å². The Kier molecular flexibility index (Phi) is 7.18. The molecule has 2 amide bonds. The first-order chi connectivity index (χ1) is 15.2. The number of nitrogens with one attached hydrogen (secondary N) is 1. The highest BCUT2D eigenvalue weighted by atomic mass is 16.6. The lowest BCUT2D eigenvalue weighted by atomic mass is 9.98. The van der Waals surface area contributed by atoms with E-state index >= 15 is 0 Å². The van der Waals surface area contributed by atoms with Crippen molar-refractivity contribution in [2.45, 2.75) is 32.8 Å². The maximum absolute atomic E-state index is 13.1. The number of hydrogen-bond acceptors (Lipinski definition) is 5. The minimum atomic E-state index is -0.540. The van der Waals surface area contributed by atoms with E-state index in [1.807, 2.05) is 64.2 Å². The second kappa shape index (κ2) is 9.85. The first-order valence-electron chi connectivity index (χ1n) is 10.8. The van der Waals surface area contributed by atoms with Crippen molar-refractivity contribution in [1.82, 2.24) is 9.80 Å². The summed E-state index contributed by atoms with van der Waals surface area (Å²) in [5.74, 6) is -0.0596. The standard InChI is InChI=1S/C25H31N3O4/c1-25(2,3)32-24(31)28-13-11-27(12-14-28)23(30)21-7-5-6-18(17-21)19-8-9-22(26-4)20(16-19)10-15-29/h5-9,15-17,26H,10-14H2,1-4H3. The first-order valence-corrected chi connectivity index (χ1v) is 10.8. The quantitative estimate of drug-likeness (QED) is 0.720. The number of anilines is 1. The lowest BCUT2D eigenvalue weighted by molar-refractivity contribution is -0.107. The van der Waals surface area contributed by atoms with Gasteiger partial charge in [-0.25, -0.2) is 4.79 Å². The van der Waals surface area contributed by atoms with Gasteiger partial charge in [0.05, 0.1) is 0 Å². The van der Waals surface area contributed by atoms with Gasteiger partial charge in [0.15, 0.2) is 0 Å². The van der Waals surface area contributed by atoms with Gasteiger partial charge in [-0.05, 0) is 61.7 Å². The maximum atomic E-state index is 13.1. The fourth-order valence-corrected chi connectivity index (χ4v) is 3.71. The van der Waals surface area contributed by atoms with Crippen LogP contribution in [-0.2, 0) is 16.0 Å². The number of benzene rings is 2. The average molecular weight is 438 g/mol. The molecule has 170 valence electrons. The molecule has 1 heterocycles. The molecule has 2 aromatic rings. The average Bonchev–Trinajstić information content (AvgIpc) is 2.78. The predicted molar refractivity (Wildman–Crippen MR) is 125 cm³/mol. The van der Waals surface area contributed by atoms with Crippen LogP contribution in [0.1, 0.15) is 36.7 Å². The number of aldehydes is 1. The molecule has 0 spiro atoms. The molecule has 0 bridgehead atoms. The van der Waals surface area contributed by atoms with E-state index in [4.69, 9.17) is 4.74 Å². The molecule has 1 aliphatic heterocycles. The van der Waals surface area contributed by atoms with E-state index in [9.17, 15) is 14.4 Å². The van der Waals surface area contributed by atoms with Crippen molar-refractivity contribution in [2.75, 3.05) is 38.5 Å². The first kappa shape index (κ1) is 23.3. The van der Waals surface area contributed by atoms with E-state index in [0.717, 1.165) is 28.7 Å². The third-order valence-electron chi connectivity index (χ3n) is 5.34. The Morgan fingerprint density at radius 1 is 1.00 bits per heavy atom. The van der Waals surface area contributed by atoms with Crippen LogP contribution in [0.5, 0.6) is 0 Å². The Labute approximate surface area is 189 Å². The molecule has 1 saturated heterocycles. The van der Waals surface area contributed by atoms with Crippen molar-refractivity contribution in [3.8, 4) is 11.1 Å². The number of nitrogens with zero attached hydrogens (tertiary/aromatic N) is 2. The Bertz CT molecular complexity index is 989. The molecule has 3 rings (SSSR count). The van der Waals surface area contributed by atoms with Crippen LogP contribution in [0.4, 0.5) is 10.5 Å². The summed E-state index contributed by atoms with van der Waals surface area (Å²) < 4.78 is 5.42. The van der Waals surface area contributed by atoms with Gasteiger partial charge < -0.3 is 24.6 Å². The van der Waals surface area contributed by atoms with Crippen LogP contribution < -0.4 is 5.32 Å². The molecular weight excluding hydrogens is 406 g/mol. The Hall–Kier alpha value is -3.35. The van der Waals surface area contributed by atoms with E-state index < -0.39 is 5.60 Å². The molecule has 1 N–H and O–H groups in total. The van der Waals surface area contributed by atoms with Gasteiger partial charge in [0, 0.05) is 50.9 Å². The summed E-state index contributed by atoms with van der Waals surface area (Å²) in [4.78, 5) is 39.8. The van der Waals surface area contributed by atoms with Crippen molar-refractivity contribution < 1.29 is 19.1 Å². The number of ether oxygens (including phenoxy) is 1. The monoisotopic (exact) mass is 437 g/mol. The highest BCUT2D eigenvalue weighted by molar-refractivity contribution is 5.95. The SMILES string of the molecule is CNc1ccc(-c2cccc(C(=O)N3CCN(C(=O)OC(C)(C)C)CC3)c2)cc1CC=O. The van der Waals surface area contributed by atoms with Crippen LogP contribution in [0.2, 0.25) is 0 Å². The van der Waals surface area contributed by atoms with Crippen LogP contribution in [0.15, 0.2) is 42.5 Å². The van der Waals surface area contributed by atoms with Gasteiger partial charge in [-0.15, -0.1) is 0 Å². The third-order valence-corrected chi connectivity index (χ3v) is 5.34. The number of piperazine rings is 1. The highest BCUT2D eigenvalue weighted by Crippen LogP contribution is 2.26. The normalized spacial score (nSPS) is 14.1. The summed E-state index contributed by atoms with van der Waals surface area (Å²) in [6.07, 6.45) is 0.865.